The molecule has 0 amide bonds. The fraction of sp³-hybridized carbons (Fsp3) is 0. The number of hydrogen-bond donors (Lipinski definition) is 0. The molecule has 0 spiro atoms. The molecule has 0 fully saturated rings. The number of anilines is 3. The van der Waals surface area contributed by atoms with Crippen LogP contribution in [-0.2, 0) is 0 Å². The standard InChI is InChI=1S/C50H33NO/c1-2-11-34(12-3-1)39-17-9-18-44(32-39)51(47-20-10-22-49-50(47)46-19-6-7-21-48(46)52-49)45-28-27-42-31-41(25-26-43(42)33-45)38-16-8-15-37(30-38)40-24-23-35-13-4-5-14-36(35)29-40/h1-33H. The lowest BCUT2D eigenvalue weighted by Crippen LogP contribution is -2.10. The summed E-state index contributed by atoms with van der Waals surface area (Å²) in [5.41, 5.74) is 12.2. The first-order chi connectivity index (χ1) is 25.7. The van der Waals surface area contributed by atoms with Crippen LogP contribution >= 0.6 is 0 Å². The molecule has 0 radical (unpaired) electrons. The van der Waals surface area contributed by atoms with Crippen LogP contribution in [0.25, 0.3) is 76.9 Å². The van der Waals surface area contributed by atoms with Crippen molar-refractivity contribution in [2.75, 3.05) is 4.90 Å². The van der Waals surface area contributed by atoms with Crippen LogP contribution in [0.1, 0.15) is 0 Å². The summed E-state index contributed by atoms with van der Waals surface area (Å²) in [5.74, 6) is 0. The predicted octanol–water partition coefficient (Wildman–Crippen LogP) is 14.4. The maximum atomic E-state index is 6.36. The highest BCUT2D eigenvalue weighted by Crippen LogP contribution is 2.44. The Morgan fingerprint density at radius 3 is 1.67 bits per heavy atom. The third-order valence-electron chi connectivity index (χ3n) is 10.2. The quantitative estimate of drug-likeness (QED) is 0.176. The van der Waals surface area contributed by atoms with Gasteiger partial charge in [0.2, 0.25) is 0 Å². The van der Waals surface area contributed by atoms with E-state index in [9.17, 15) is 0 Å². The minimum atomic E-state index is 0.874. The van der Waals surface area contributed by atoms with Gasteiger partial charge in [0.05, 0.1) is 11.1 Å². The lowest BCUT2D eigenvalue weighted by Gasteiger charge is -2.27. The van der Waals surface area contributed by atoms with Crippen LogP contribution < -0.4 is 4.90 Å². The number of hydrogen-bond acceptors (Lipinski definition) is 2. The Balaban J connectivity index is 1.09. The van der Waals surface area contributed by atoms with Crippen molar-refractivity contribution in [3.05, 3.63) is 200 Å². The van der Waals surface area contributed by atoms with Gasteiger partial charge in [-0.15, -0.1) is 0 Å². The minimum Gasteiger partial charge on any atom is -0.456 e. The maximum absolute atomic E-state index is 6.36. The summed E-state index contributed by atoms with van der Waals surface area (Å²) in [6.07, 6.45) is 0. The van der Waals surface area contributed by atoms with E-state index in [-0.39, 0.29) is 0 Å². The molecular weight excluding hydrogens is 631 g/mol. The molecule has 10 aromatic rings. The lowest BCUT2D eigenvalue weighted by atomic mass is 9.96. The van der Waals surface area contributed by atoms with Gasteiger partial charge in [-0.25, -0.2) is 0 Å². The van der Waals surface area contributed by atoms with Crippen LogP contribution in [0.5, 0.6) is 0 Å². The first kappa shape index (κ1) is 30.0. The molecule has 0 bridgehead atoms. The second kappa shape index (κ2) is 12.5. The number of fused-ring (bicyclic) bond motifs is 5. The van der Waals surface area contributed by atoms with Crippen LogP contribution in [0.2, 0.25) is 0 Å². The molecule has 52 heavy (non-hydrogen) atoms. The van der Waals surface area contributed by atoms with Crippen molar-refractivity contribution < 1.29 is 4.42 Å². The molecule has 1 aromatic heterocycles. The zero-order valence-electron chi connectivity index (χ0n) is 28.4. The smallest absolute Gasteiger partial charge is 0.137 e. The maximum Gasteiger partial charge on any atom is 0.137 e. The van der Waals surface area contributed by atoms with E-state index in [1.165, 1.54) is 54.9 Å². The summed E-state index contributed by atoms with van der Waals surface area (Å²) >= 11 is 0. The molecule has 1 heterocycles. The van der Waals surface area contributed by atoms with Gasteiger partial charge in [-0.3, -0.25) is 0 Å². The monoisotopic (exact) mass is 663 g/mol. The van der Waals surface area contributed by atoms with Gasteiger partial charge in [-0.1, -0.05) is 140 Å². The van der Waals surface area contributed by atoms with Gasteiger partial charge >= 0.3 is 0 Å². The number of rotatable bonds is 6. The molecule has 0 saturated carbocycles. The minimum absolute atomic E-state index is 0.874. The molecule has 0 N–H and O–H groups in total. The first-order valence-electron chi connectivity index (χ1n) is 17.7. The molecule has 0 unspecified atom stereocenters. The Hall–Kier alpha value is -6.90. The van der Waals surface area contributed by atoms with Gasteiger partial charge in [0.15, 0.2) is 0 Å². The highest BCUT2D eigenvalue weighted by molar-refractivity contribution is 6.13. The van der Waals surface area contributed by atoms with Gasteiger partial charge < -0.3 is 9.32 Å². The van der Waals surface area contributed by atoms with Crippen LogP contribution in [0.15, 0.2) is 205 Å². The second-order valence-electron chi connectivity index (χ2n) is 13.4. The molecule has 0 aliphatic heterocycles. The van der Waals surface area contributed by atoms with Crippen LogP contribution in [0.3, 0.4) is 0 Å². The SMILES string of the molecule is c1ccc(-c2cccc(N(c3ccc4cc(-c5cccc(-c6ccc7ccccc7c6)c5)ccc4c3)c3cccc4oc5ccccc5c34)c2)cc1. The number of benzene rings is 9. The van der Waals surface area contributed by atoms with E-state index >= 15 is 0 Å². The molecule has 0 saturated heterocycles. The molecular formula is C50H33NO. The lowest BCUT2D eigenvalue weighted by molar-refractivity contribution is 0.669. The Morgan fingerprint density at radius 2 is 0.846 bits per heavy atom. The first-order valence-corrected chi connectivity index (χ1v) is 17.7. The average Bonchev–Trinajstić information content (AvgIpc) is 3.61. The van der Waals surface area contributed by atoms with Gasteiger partial charge in [0, 0.05) is 16.8 Å². The van der Waals surface area contributed by atoms with E-state index in [1.807, 2.05) is 12.1 Å². The van der Waals surface area contributed by atoms with E-state index in [2.05, 4.69) is 193 Å². The second-order valence-corrected chi connectivity index (χ2v) is 13.4. The largest absolute Gasteiger partial charge is 0.456 e. The van der Waals surface area contributed by atoms with Crippen molar-refractivity contribution in [2.24, 2.45) is 0 Å². The van der Waals surface area contributed by atoms with Crippen LogP contribution in [0.4, 0.5) is 17.1 Å². The van der Waals surface area contributed by atoms with Crippen molar-refractivity contribution in [2.45, 2.75) is 0 Å². The van der Waals surface area contributed by atoms with Crippen molar-refractivity contribution in [3.8, 4) is 33.4 Å². The van der Waals surface area contributed by atoms with Crippen molar-refractivity contribution in [1.82, 2.24) is 0 Å². The molecule has 9 aromatic carbocycles. The van der Waals surface area contributed by atoms with E-state index in [1.54, 1.807) is 0 Å². The van der Waals surface area contributed by atoms with Crippen LogP contribution in [-0.4, -0.2) is 0 Å². The molecule has 244 valence electrons. The molecule has 2 nitrogen and oxygen atoms in total. The number of nitrogens with zero attached hydrogens (tertiary/aromatic N) is 1. The summed E-state index contributed by atoms with van der Waals surface area (Å²) in [4.78, 5) is 2.37. The number of para-hydroxylation sites is 1. The van der Waals surface area contributed by atoms with E-state index in [4.69, 9.17) is 4.42 Å². The normalized spacial score (nSPS) is 11.5. The third kappa shape index (κ3) is 5.30. The van der Waals surface area contributed by atoms with E-state index in [0.29, 0.717) is 0 Å². The van der Waals surface area contributed by atoms with E-state index < -0.39 is 0 Å². The van der Waals surface area contributed by atoms with Gasteiger partial charge in [-0.05, 0) is 116 Å². The third-order valence-corrected chi connectivity index (χ3v) is 10.2. The van der Waals surface area contributed by atoms with Crippen molar-refractivity contribution >= 4 is 60.5 Å². The van der Waals surface area contributed by atoms with Crippen molar-refractivity contribution in [3.63, 3.8) is 0 Å². The average molecular weight is 664 g/mol. The van der Waals surface area contributed by atoms with E-state index in [0.717, 1.165) is 39.0 Å². The summed E-state index contributed by atoms with van der Waals surface area (Å²) in [7, 11) is 0. The molecule has 0 atom stereocenters. The van der Waals surface area contributed by atoms with Gasteiger partial charge in [-0.2, -0.15) is 0 Å². The summed E-state index contributed by atoms with van der Waals surface area (Å²) in [5, 5.41) is 7.10. The van der Waals surface area contributed by atoms with Crippen LogP contribution in [0, 0.1) is 0 Å². The van der Waals surface area contributed by atoms with Gasteiger partial charge in [0.25, 0.3) is 0 Å². The topological polar surface area (TPSA) is 16.4 Å². The fourth-order valence-electron chi connectivity index (χ4n) is 7.62. The summed E-state index contributed by atoms with van der Waals surface area (Å²) < 4.78 is 6.36. The Kier molecular flexibility index (Phi) is 7.18. The summed E-state index contributed by atoms with van der Waals surface area (Å²) in [6, 6.07) is 71.8. The molecule has 2 heteroatoms. The number of furan rings is 1. The fourth-order valence-corrected chi connectivity index (χ4v) is 7.62. The highest BCUT2D eigenvalue weighted by atomic mass is 16.3. The zero-order valence-corrected chi connectivity index (χ0v) is 28.4. The molecule has 0 aliphatic rings. The van der Waals surface area contributed by atoms with Gasteiger partial charge in [0.1, 0.15) is 11.2 Å². The Labute approximate surface area is 302 Å². The zero-order chi connectivity index (χ0) is 34.4. The molecule has 0 aliphatic carbocycles. The highest BCUT2D eigenvalue weighted by Gasteiger charge is 2.20. The Bertz CT molecular complexity index is 2920. The molecule has 10 rings (SSSR count). The van der Waals surface area contributed by atoms with Crippen molar-refractivity contribution in [1.29, 1.82) is 0 Å². The Morgan fingerprint density at radius 1 is 0.308 bits per heavy atom. The summed E-state index contributed by atoms with van der Waals surface area (Å²) in [6.45, 7) is 0. The predicted molar refractivity (Wildman–Crippen MR) is 220 cm³/mol.